The van der Waals surface area contributed by atoms with E-state index in [0.717, 1.165) is 11.3 Å². The van der Waals surface area contributed by atoms with Crippen molar-refractivity contribution in [1.82, 2.24) is 9.29 Å². The lowest BCUT2D eigenvalue weighted by Gasteiger charge is -2.16. The van der Waals surface area contributed by atoms with Crippen molar-refractivity contribution in [3.05, 3.63) is 54.4 Å². The molecule has 2 rings (SSSR count). The Morgan fingerprint density at radius 3 is 2.14 bits per heavy atom. The summed E-state index contributed by atoms with van der Waals surface area (Å²) in [5.41, 5.74) is 1.99. The lowest BCUT2D eigenvalue weighted by atomic mass is 10.1. The van der Waals surface area contributed by atoms with Crippen LogP contribution in [0.3, 0.4) is 0 Å². The predicted molar refractivity (Wildman–Crippen MR) is 83.6 cm³/mol. The average Bonchev–Trinajstić information content (AvgIpc) is 2.48. The van der Waals surface area contributed by atoms with Gasteiger partial charge in [0.25, 0.3) is 0 Å². The highest BCUT2D eigenvalue weighted by molar-refractivity contribution is 7.89. The summed E-state index contributed by atoms with van der Waals surface area (Å²) in [5, 5.41) is 3.33. The first-order valence-corrected chi connectivity index (χ1v) is 8.04. The van der Waals surface area contributed by atoms with Crippen LogP contribution in [0.25, 0.3) is 0 Å². The van der Waals surface area contributed by atoms with E-state index in [1.165, 1.54) is 18.4 Å². The van der Waals surface area contributed by atoms with E-state index in [0.29, 0.717) is 0 Å². The van der Waals surface area contributed by atoms with Crippen LogP contribution in [-0.4, -0.2) is 31.8 Å². The zero-order valence-corrected chi connectivity index (χ0v) is 13.1. The van der Waals surface area contributed by atoms with Crippen LogP contribution in [0.2, 0.25) is 0 Å². The molecule has 0 aliphatic heterocycles. The van der Waals surface area contributed by atoms with Gasteiger partial charge in [0.2, 0.25) is 10.0 Å². The Bertz CT molecular complexity index is 683. The van der Waals surface area contributed by atoms with Crippen molar-refractivity contribution in [2.24, 2.45) is 0 Å². The monoisotopic (exact) mass is 305 g/mol. The van der Waals surface area contributed by atoms with Gasteiger partial charge in [-0.25, -0.2) is 12.7 Å². The molecule has 1 heterocycles. The first-order valence-electron chi connectivity index (χ1n) is 6.60. The Kier molecular flexibility index (Phi) is 4.59. The van der Waals surface area contributed by atoms with Gasteiger partial charge in [-0.2, -0.15) is 0 Å². The van der Waals surface area contributed by atoms with E-state index >= 15 is 0 Å². The number of hydrogen-bond donors (Lipinski definition) is 1. The van der Waals surface area contributed by atoms with Crippen LogP contribution >= 0.6 is 0 Å². The molecule has 0 bridgehead atoms. The van der Waals surface area contributed by atoms with E-state index in [-0.39, 0.29) is 10.9 Å². The van der Waals surface area contributed by atoms with Crippen molar-refractivity contribution < 1.29 is 8.42 Å². The number of hydrogen-bond acceptors (Lipinski definition) is 4. The molecule has 0 saturated carbocycles. The molecule has 112 valence electrons. The summed E-state index contributed by atoms with van der Waals surface area (Å²) in [7, 11) is -0.335. The summed E-state index contributed by atoms with van der Waals surface area (Å²) in [6, 6.07) is 10.8. The third-order valence-corrected chi connectivity index (χ3v) is 5.05. The lowest BCUT2D eigenvalue weighted by Crippen LogP contribution is -2.22. The molecule has 0 amide bonds. The van der Waals surface area contributed by atoms with Gasteiger partial charge in [-0.15, -0.1) is 0 Å². The molecular formula is C15H19N3O2S. The highest BCUT2D eigenvalue weighted by Crippen LogP contribution is 2.21. The van der Waals surface area contributed by atoms with Gasteiger partial charge in [0, 0.05) is 38.2 Å². The van der Waals surface area contributed by atoms with Gasteiger partial charge in [0.05, 0.1) is 4.90 Å². The number of pyridine rings is 1. The lowest BCUT2D eigenvalue weighted by molar-refractivity contribution is 0.521. The number of rotatable bonds is 5. The highest BCUT2D eigenvalue weighted by Gasteiger charge is 2.16. The van der Waals surface area contributed by atoms with Crippen molar-refractivity contribution in [3.63, 3.8) is 0 Å². The maximum absolute atomic E-state index is 12.0. The third-order valence-electron chi connectivity index (χ3n) is 3.22. The first kappa shape index (κ1) is 15.5. The van der Waals surface area contributed by atoms with Gasteiger partial charge in [-0.3, -0.25) is 4.98 Å². The van der Waals surface area contributed by atoms with Gasteiger partial charge in [0.1, 0.15) is 0 Å². The Labute approximate surface area is 125 Å². The van der Waals surface area contributed by atoms with Crippen LogP contribution in [0.1, 0.15) is 18.5 Å². The molecule has 1 aromatic heterocycles. The maximum Gasteiger partial charge on any atom is 0.242 e. The van der Waals surface area contributed by atoms with Crippen LogP contribution in [0.5, 0.6) is 0 Å². The summed E-state index contributed by atoms with van der Waals surface area (Å²) in [4.78, 5) is 4.28. The summed E-state index contributed by atoms with van der Waals surface area (Å²) in [6.07, 6.45) is 3.50. The molecule has 2 aromatic rings. The highest BCUT2D eigenvalue weighted by atomic mass is 32.2. The number of benzene rings is 1. The Balaban J connectivity index is 2.14. The van der Waals surface area contributed by atoms with E-state index in [1.54, 1.807) is 36.7 Å². The minimum absolute atomic E-state index is 0.115. The smallest absolute Gasteiger partial charge is 0.242 e. The molecular weight excluding hydrogens is 286 g/mol. The first-order chi connectivity index (χ1) is 9.91. The fourth-order valence-corrected chi connectivity index (χ4v) is 2.82. The van der Waals surface area contributed by atoms with Crippen LogP contribution < -0.4 is 5.32 Å². The van der Waals surface area contributed by atoms with Gasteiger partial charge >= 0.3 is 0 Å². The van der Waals surface area contributed by atoms with Crippen molar-refractivity contribution in [2.45, 2.75) is 17.9 Å². The molecule has 0 aliphatic carbocycles. The molecule has 6 heteroatoms. The molecule has 0 aliphatic rings. The molecule has 0 saturated heterocycles. The summed E-state index contributed by atoms with van der Waals surface area (Å²) in [5.74, 6) is 0. The van der Waals surface area contributed by atoms with Crippen molar-refractivity contribution in [3.8, 4) is 0 Å². The van der Waals surface area contributed by atoms with Crippen LogP contribution in [-0.2, 0) is 10.0 Å². The summed E-state index contributed by atoms with van der Waals surface area (Å²) in [6.45, 7) is 2.04. The second-order valence-corrected chi connectivity index (χ2v) is 7.11. The minimum Gasteiger partial charge on any atom is -0.379 e. The van der Waals surface area contributed by atoms with Gasteiger partial charge in [0.15, 0.2) is 0 Å². The molecule has 1 unspecified atom stereocenters. The van der Waals surface area contributed by atoms with E-state index in [4.69, 9.17) is 0 Å². The molecule has 5 nitrogen and oxygen atoms in total. The molecule has 1 aromatic carbocycles. The molecule has 0 spiro atoms. The number of anilines is 1. The van der Waals surface area contributed by atoms with Gasteiger partial charge < -0.3 is 5.32 Å². The quantitative estimate of drug-likeness (QED) is 0.922. The Hall–Kier alpha value is -1.92. The van der Waals surface area contributed by atoms with Crippen molar-refractivity contribution >= 4 is 15.7 Å². The zero-order valence-electron chi connectivity index (χ0n) is 12.3. The number of sulfonamides is 1. The summed E-state index contributed by atoms with van der Waals surface area (Å²) < 4.78 is 25.2. The summed E-state index contributed by atoms with van der Waals surface area (Å²) >= 11 is 0. The molecule has 0 fully saturated rings. The second-order valence-electron chi connectivity index (χ2n) is 4.96. The van der Waals surface area contributed by atoms with Crippen LogP contribution in [0.4, 0.5) is 5.69 Å². The normalized spacial score (nSPS) is 13.1. The number of nitrogens with zero attached hydrogens (tertiary/aromatic N) is 2. The molecule has 0 radical (unpaired) electrons. The van der Waals surface area contributed by atoms with Gasteiger partial charge in [-0.1, -0.05) is 0 Å². The van der Waals surface area contributed by atoms with Gasteiger partial charge in [-0.05, 0) is 48.9 Å². The Morgan fingerprint density at radius 1 is 1.05 bits per heavy atom. The van der Waals surface area contributed by atoms with Crippen LogP contribution in [0.15, 0.2) is 53.7 Å². The van der Waals surface area contributed by atoms with E-state index in [9.17, 15) is 8.42 Å². The SMILES string of the molecule is CC(Nc1ccc(S(=O)(=O)N(C)C)cc1)c1ccncc1. The average molecular weight is 305 g/mol. The molecule has 21 heavy (non-hydrogen) atoms. The maximum atomic E-state index is 12.0. The molecule has 1 N–H and O–H groups in total. The number of nitrogens with one attached hydrogen (secondary N) is 1. The third kappa shape index (κ3) is 3.59. The van der Waals surface area contributed by atoms with Crippen molar-refractivity contribution in [2.75, 3.05) is 19.4 Å². The zero-order chi connectivity index (χ0) is 15.5. The topological polar surface area (TPSA) is 62.3 Å². The largest absolute Gasteiger partial charge is 0.379 e. The fourth-order valence-electron chi connectivity index (χ4n) is 1.92. The van der Waals surface area contributed by atoms with E-state index in [1.807, 2.05) is 19.1 Å². The second kappa shape index (κ2) is 6.24. The fraction of sp³-hybridized carbons (Fsp3) is 0.267. The molecule has 1 atom stereocenters. The number of aromatic nitrogens is 1. The standard InChI is InChI=1S/C15H19N3O2S/c1-12(13-8-10-16-11-9-13)17-14-4-6-15(7-5-14)21(19,20)18(2)3/h4-12,17H,1-3H3. The van der Waals surface area contributed by atoms with E-state index in [2.05, 4.69) is 10.3 Å². The predicted octanol–water partition coefficient (Wildman–Crippen LogP) is 2.51. The van der Waals surface area contributed by atoms with Crippen molar-refractivity contribution in [1.29, 1.82) is 0 Å². The minimum atomic E-state index is -3.38. The van der Waals surface area contributed by atoms with Crippen LogP contribution in [0, 0.1) is 0 Å². The Morgan fingerprint density at radius 2 is 1.62 bits per heavy atom. The van der Waals surface area contributed by atoms with E-state index < -0.39 is 10.0 Å².